The average molecular weight is 834 g/mol. The molecule has 1 heteroatoms. The second-order valence-corrected chi connectivity index (χ2v) is 18.8. The number of hydrogen-bond donors (Lipinski definition) is 0. The van der Waals surface area contributed by atoms with Crippen LogP contribution in [-0.4, -0.2) is 0 Å². The van der Waals surface area contributed by atoms with Gasteiger partial charge in [-0.05, 0) is 103 Å². The smallest absolute Gasteiger partial charge is 0.0719 e. The van der Waals surface area contributed by atoms with Gasteiger partial charge in [0.15, 0.2) is 0 Å². The van der Waals surface area contributed by atoms with E-state index in [0.29, 0.717) is 0 Å². The summed E-state index contributed by atoms with van der Waals surface area (Å²) in [5.74, 6) is 0.182. The number of benzene rings is 8. The van der Waals surface area contributed by atoms with Gasteiger partial charge in [-0.1, -0.05) is 233 Å². The van der Waals surface area contributed by atoms with Crippen molar-refractivity contribution < 1.29 is 0 Å². The van der Waals surface area contributed by atoms with Crippen molar-refractivity contribution >= 4 is 11.4 Å². The molecule has 8 aromatic carbocycles. The van der Waals surface area contributed by atoms with Gasteiger partial charge < -0.3 is 4.90 Å². The Balaban J connectivity index is 1.18. The summed E-state index contributed by atoms with van der Waals surface area (Å²) >= 11 is 0. The van der Waals surface area contributed by atoms with Crippen molar-refractivity contribution in [3.8, 4) is 44.5 Å². The van der Waals surface area contributed by atoms with E-state index in [1.54, 1.807) is 5.57 Å². The molecule has 65 heavy (non-hydrogen) atoms. The Morgan fingerprint density at radius 1 is 0.508 bits per heavy atom. The van der Waals surface area contributed by atoms with E-state index < -0.39 is 5.41 Å². The summed E-state index contributed by atoms with van der Waals surface area (Å²) in [4.78, 5) is 2.64. The molecular weight excluding hydrogens is 783 g/mol. The van der Waals surface area contributed by atoms with Gasteiger partial charge in [-0.25, -0.2) is 0 Å². The molecule has 8 aromatic rings. The molecule has 4 aliphatic carbocycles. The number of rotatable bonds is 8. The number of nitrogens with zero attached hydrogens (tertiary/aromatic N) is 1. The Bertz CT molecular complexity index is 3220. The summed E-state index contributed by atoms with van der Waals surface area (Å²) in [6, 6.07) is 76.7. The molecule has 0 radical (unpaired) electrons. The van der Waals surface area contributed by atoms with Crippen molar-refractivity contribution in [2.45, 2.75) is 32.6 Å². The van der Waals surface area contributed by atoms with Gasteiger partial charge in [0.1, 0.15) is 0 Å². The summed E-state index contributed by atoms with van der Waals surface area (Å²) in [7, 11) is 0. The Hall–Kier alpha value is -7.48. The molecular formula is C64H51N. The Kier molecular flexibility index (Phi) is 9.07. The van der Waals surface area contributed by atoms with Gasteiger partial charge in [-0.15, -0.1) is 0 Å². The molecule has 0 heterocycles. The summed E-state index contributed by atoms with van der Waals surface area (Å²) in [6.45, 7) is 7.38. The van der Waals surface area contributed by atoms with Crippen LogP contribution in [0.15, 0.2) is 253 Å². The van der Waals surface area contributed by atoms with Crippen molar-refractivity contribution in [1.82, 2.24) is 0 Å². The molecule has 312 valence electrons. The molecule has 12 rings (SSSR count). The maximum atomic E-state index is 2.64. The van der Waals surface area contributed by atoms with Crippen molar-refractivity contribution in [2.75, 3.05) is 4.90 Å². The lowest BCUT2D eigenvalue weighted by Crippen LogP contribution is -2.49. The van der Waals surface area contributed by atoms with E-state index in [1.165, 1.54) is 83.7 Å². The van der Waals surface area contributed by atoms with Crippen LogP contribution in [-0.2, 0) is 5.41 Å². The number of allylic oxidation sites excluding steroid dienone is 7. The summed E-state index contributed by atoms with van der Waals surface area (Å²) in [5, 5.41) is 0. The molecule has 0 aromatic heterocycles. The molecule has 4 aliphatic rings. The lowest BCUT2D eigenvalue weighted by atomic mass is 9.45. The Morgan fingerprint density at radius 3 is 1.77 bits per heavy atom. The first kappa shape index (κ1) is 39.1. The largest absolute Gasteiger partial charge is 0.313 e. The first-order valence-corrected chi connectivity index (χ1v) is 23.2. The van der Waals surface area contributed by atoms with Crippen LogP contribution >= 0.6 is 0 Å². The Labute approximate surface area is 384 Å². The van der Waals surface area contributed by atoms with E-state index in [-0.39, 0.29) is 16.7 Å². The molecule has 1 nitrogen and oxygen atoms in total. The number of anilines is 2. The predicted octanol–water partition coefficient (Wildman–Crippen LogP) is 16.6. The minimum Gasteiger partial charge on any atom is -0.313 e. The predicted molar refractivity (Wildman–Crippen MR) is 272 cm³/mol. The zero-order chi connectivity index (χ0) is 43.8. The monoisotopic (exact) mass is 833 g/mol. The number of fused-ring (bicyclic) bond motifs is 4. The third-order valence-electron chi connectivity index (χ3n) is 15.4. The van der Waals surface area contributed by atoms with Crippen LogP contribution in [0, 0.1) is 16.7 Å². The van der Waals surface area contributed by atoms with Gasteiger partial charge in [0, 0.05) is 33.7 Å². The maximum absolute atomic E-state index is 2.64. The number of hydrogen-bond acceptors (Lipinski definition) is 1. The zero-order valence-electron chi connectivity index (χ0n) is 37.2. The van der Waals surface area contributed by atoms with Gasteiger partial charge in [0.05, 0.1) is 11.1 Å². The average Bonchev–Trinajstić information content (AvgIpc) is 3.87. The van der Waals surface area contributed by atoms with Crippen LogP contribution < -0.4 is 4.90 Å². The van der Waals surface area contributed by atoms with E-state index in [2.05, 4.69) is 262 Å². The van der Waals surface area contributed by atoms with Gasteiger partial charge in [-0.3, -0.25) is 0 Å². The molecule has 0 aliphatic heterocycles. The minimum atomic E-state index is -0.591. The van der Waals surface area contributed by atoms with Crippen molar-refractivity contribution in [1.29, 1.82) is 0 Å². The second-order valence-electron chi connectivity index (χ2n) is 18.8. The van der Waals surface area contributed by atoms with Crippen molar-refractivity contribution in [3.05, 3.63) is 276 Å². The van der Waals surface area contributed by atoms with E-state index in [1.807, 2.05) is 0 Å². The minimum absolute atomic E-state index is 0.0110. The van der Waals surface area contributed by atoms with Crippen LogP contribution in [0.1, 0.15) is 49.4 Å². The van der Waals surface area contributed by atoms with Gasteiger partial charge >= 0.3 is 0 Å². The zero-order valence-corrected chi connectivity index (χ0v) is 37.2. The molecule has 0 saturated carbocycles. The third kappa shape index (κ3) is 5.64. The van der Waals surface area contributed by atoms with Crippen LogP contribution in [0.5, 0.6) is 0 Å². The molecule has 0 fully saturated rings. The molecule has 1 unspecified atom stereocenters. The van der Waals surface area contributed by atoms with Crippen LogP contribution in [0.3, 0.4) is 0 Å². The highest BCUT2D eigenvalue weighted by Gasteiger charge is 2.61. The third-order valence-corrected chi connectivity index (χ3v) is 15.4. The lowest BCUT2D eigenvalue weighted by Gasteiger charge is -2.57. The fourth-order valence-corrected chi connectivity index (χ4v) is 12.4. The Morgan fingerprint density at radius 2 is 1.08 bits per heavy atom. The summed E-state index contributed by atoms with van der Waals surface area (Å²) in [5.41, 5.74) is 21.0. The molecule has 2 atom stereocenters. The highest BCUT2D eigenvalue weighted by Crippen LogP contribution is 2.70. The normalized spacial score (nSPS) is 19.3. The van der Waals surface area contributed by atoms with Crippen molar-refractivity contribution in [3.63, 3.8) is 0 Å². The SMILES string of the molecule is CC1C(N(c2cccc(-c3ccccc3)c2)c2cccc(-c3ccccc3)c2-c2cccc3c2C(c2ccccc2)(c2ccccc2)c2ccccc2-3)=CC2=C1[C@]1(C=CC=CC1)C2(C)C. The molecule has 0 amide bonds. The van der Waals surface area contributed by atoms with E-state index in [4.69, 9.17) is 0 Å². The lowest BCUT2D eigenvalue weighted by molar-refractivity contribution is 0.152. The van der Waals surface area contributed by atoms with Crippen LogP contribution in [0.25, 0.3) is 44.5 Å². The highest BCUT2D eigenvalue weighted by atomic mass is 15.2. The van der Waals surface area contributed by atoms with Crippen LogP contribution in [0.4, 0.5) is 11.4 Å². The van der Waals surface area contributed by atoms with E-state index in [9.17, 15) is 0 Å². The van der Waals surface area contributed by atoms with Gasteiger partial charge in [-0.2, -0.15) is 0 Å². The van der Waals surface area contributed by atoms with E-state index >= 15 is 0 Å². The first-order valence-electron chi connectivity index (χ1n) is 23.2. The quantitative estimate of drug-likeness (QED) is 0.147. The topological polar surface area (TPSA) is 3.24 Å². The maximum Gasteiger partial charge on any atom is 0.0719 e. The molecule has 0 N–H and O–H groups in total. The first-order chi connectivity index (χ1) is 31.9. The fraction of sp³-hybridized carbons (Fsp3) is 0.125. The standard InChI is InChI=1S/C64H51N/c1-44-58(43-56-60(44)63(62(56,2)3)40-19-8-20-41-63)65(50-33-21-28-47(42-50)45-24-9-4-10-25-45)57-39-23-35-51(46-26-11-5-12-27-46)59(57)54-37-22-36-53-52-34-17-18-38-55(52)64(61(53)54,48-29-13-6-14-30-48)49-31-15-7-16-32-49/h4-40,42-44H,41H2,1-3H3/t44?,63-/m1/s1. The van der Waals surface area contributed by atoms with E-state index in [0.717, 1.165) is 12.1 Å². The summed E-state index contributed by atoms with van der Waals surface area (Å²) in [6.07, 6.45) is 13.0. The summed E-state index contributed by atoms with van der Waals surface area (Å²) < 4.78 is 0. The van der Waals surface area contributed by atoms with Crippen molar-refractivity contribution in [2.24, 2.45) is 16.7 Å². The fourth-order valence-electron chi connectivity index (χ4n) is 12.4. The van der Waals surface area contributed by atoms with Crippen LogP contribution in [0.2, 0.25) is 0 Å². The molecule has 1 spiro atoms. The highest BCUT2D eigenvalue weighted by molar-refractivity contribution is 6.01. The molecule has 0 bridgehead atoms. The van der Waals surface area contributed by atoms with Gasteiger partial charge in [0.25, 0.3) is 0 Å². The molecule has 0 saturated heterocycles. The van der Waals surface area contributed by atoms with Gasteiger partial charge in [0.2, 0.25) is 0 Å². The second kappa shape index (κ2) is 15.1.